The summed E-state index contributed by atoms with van der Waals surface area (Å²) in [6.45, 7) is 5.86. The van der Waals surface area contributed by atoms with Gasteiger partial charge in [0.05, 0.1) is 0 Å². The van der Waals surface area contributed by atoms with Crippen molar-refractivity contribution in [3.8, 4) is 0 Å². The lowest BCUT2D eigenvalue weighted by atomic mass is 11.8. The second-order valence-corrected chi connectivity index (χ2v) is 11.2. The molecule has 0 radical (unpaired) electrons. The van der Waals surface area contributed by atoms with Crippen LogP contribution in [0.3, 0.4) is 0 Å². The lowest BCUT2D eigenvalue weighted by molar-refractivity contribution is 0.593. The predicted molar refractivity (Wildman–Crippen MR) is 53.3 cm³/mol. The van der Waals surface area contributed by atoms with E-state index in [2.05, 4.69) is 0 Å². The van der Waals surface area contributed by atoms with Gasteiger partial charge < -0.3 is 4.12 Å². The molecule has 0 amide bonds. The van der Waals surface area contributed by atoms with Gasteiger partial charge in [-0.2, -0.15) is 0 Å². The molecule has 0 aliphatic rings. The van der Waals surface area contributed by atoms with Crippen molar-refractivity contribution >= 4 is 52.9 Å². The molecule has 0 saturated carbocycles. The van der Waals surface area contributed by atoms with E-state index in [1.54, 1.807) is 0 Å². The van der Waals surface area contributed by atoms with E-state index in [4.69, 9.17) is 38.9 Å². The minimum atomic E-state index is -2.05. The molecule has 0 atom stereocenters. The third-order valence-corrected chi connectivity index (χ3v) is 10.7. The SMILES string of the molecule is C[SiH2]O[Si](C)(C)C(Cl)(Cl)Cl. The van der Waals surface area contributed by atoms with Crippen LogP contribution in [0.15, 0.2) is 0 Å². The van der Waals surface area contributed by atoms with E-state index in [0.717, 1.165) is 0 Å². The Balaban J connectivity index is 4.10. The lowest BCUT2D eigenvalue weighted by Crippen LogP contribution is -2.45. The summed E-state index contributed by atoms with van der Waals surface area (Å²) in [4.78, 5) is 0. The second-order valence-electron chi connectivity index (χ2n) is 2.44. The zero-order valence-electron chi connectivity index (χ0n) is 6.25. The largest absolute Gasteiger partial charge is 0.458 e. The van der Waals surface area contributed by atoms with Gasteiger partial charge in [-0.3, -0.25) is 0 Å². The molecule has 0 aromatic heterocycles. The first-order valence-electron chi connectivity index (χ1n) is 3.02. The van der Waals surface area contributed by atoms with Crippen molar-refractivity contribution in [1.29, 1.82) is 0 Å². The Hall–Kier alpha value is 1.26. The molecule has 0 bridgehead atoms. The number of alkyl halides is 3. The molecule has 0 saturated heterocycles. The van der Waals surface area contributed by atoms with Crippen molar-refractivity contribution in [1.82, 2.24) is 0 Å². The highest BCUT2D eigenvalue weighted by molar-refractivity contribution is 7.02. The monoisotopic (exact) mass is 236 g/mol. The van der Waals surface area contributed by atoms with Crippen molar-refractivity contribution in [2.45, 2.75) is 23.1 Å². The second kappa shape index (κ2) is 3.78. The van der Waals surface area contributed by atoms with E-state index in [1.807, 2.05) is 19.6 Å². The molecule has 1 nitrogen and oxygen atoms in total. The van der Waals surface area contributed by atoms with Crippen molar-refractivity contribution in [3.05, 3.63) is 0 Å². The van der Waals surface area contributed by atoms with Crippen molar-refractivity contribution < 1.29 is 4.12 Å². The van der Waals surface area contributed by atoms with E-state index in [9.17, 15) is 0 Å². The van der Waals surface area contributed by atoms with Crippen LogP contribution in [-0.2, 0) is 4.12 Å². The molecule has 0 aromatic rings. The first kappa shape index (κ1) is 11.3. The Morgan fingerprint density at radius 2 is 1.70 bits per heavy atom. The Kier molecular flexibility index (Phi) is 4.26. The Labute approximate surface area is 80.1 Å². The van der Waals surface area contributed by atoms with Crippen LogP contribution in [0.4, 0.5) is 0 Å². The topological polar surface area (TPSA) is 9.23 Å². The van der Waals surface area contributed by atoms with Crippen LogP contribution in [0, 0.1) is 0 Å². The Bertz CT molecular complexity index is 112. The third-order valence-electron chi connectivity index (χ3n) is 1.19. The third kappa shape index (κ3) is 3.11. The van der Waals surface area contributed by atoms with Crippen LogP contribution >= 0.6 is 34.8 Å². The minimum Gasteiger partial charge on any atom is -0.458 e. The van der Waals surface area contributed by atoms with Crippen LogP contribution < -0.4 is 0 Å². The summed E-state index contributed by atoms with van der Waals surface area (Å²) in [7, 11) is -2.51. The normalized spacial score (nSPS) is 15.0. The molecule has 10 heavy (non-hydrogen) atoms. The summed E-state index contributed by atoms with van der Waals surface area (Å²) in [6.07, 6.45) is 0. The maximum absolute atomic E-state index is 5.69. The zero-order valence-corrected chi connectivity index (χ0v) is 10.9. The Morgan fingerprint density at radius 1 is 1.30 bits per heavy atom. The highest BCUT2D eigenvalue weighted by Crippen LogP contribution is 2.36. The van der Waals surface area contributed by atoms with Gasteiger partial charge in [0, 0.05) is 0 Å². The molecule has 0 heterocycles. The first-order valence-corrected chi connectivity index (χ1v) is 9.05. The number of rotatable bonds is 2. The summed E-state index contributed by atoms with van der Waals surface area (Å²) in [5.41, 5.74) is 0. The maximum atomic E-state index is 5.69. The highest BCUT2D eigenvalue weighted by atomic mass is 35.6. The van der Waals surface area contributed by atoms with E-state index in [1.165, 1.54) is 0 Å². The Morgan fingerprint density at radius 3 is 1.80 bits per heavy atom. The van der Waals surface area contributed by atoms with Gasteiger partial charge in [-0.05, 0) is 13.1 Å². The van der Waals surface area contributed by atoms with Gasteiger partial charge in [-0.15, -0.1) is 0 Å². The molecule has 0 N–H and O–H groups in total. The summed E-state index contributed by atoms with van der Waals surface area (Å²) < 4.78 is 4.29. The van der Waals surface area contributed by atoms with Gasteiger partial charge in [-0.1, -0.05) is 41.3 Å². The van der Waals surface area contributed by atoms with E-state index in [0.29, 0.717) is 0 Å². The predicted octanol–water partition coefficient (Wildman–Crippen LogP) is 2.25. The van der Waals surface area contributed by atoms with Crippen molar-refractivity contribution in [2.75, 3.05) is 0 Å². The van der Waals surface area contributed by atoms with Crippen LogP contribution in [0.5, 0.6) is 0 Å². The molecule has 0 rings (SSSR count). The fourth-order valence-electron chi connectivity index (χ4n) is 0.443. The molecule has 0 unspecified atom stereocenters. The molecule has 0 aliphatic carbocycles. The first-order chi connectivity index (χ1) is 4.31. The summed E-state index contributed by atoms with van der Waals surface area (Å²) in [5.74, 6) is 0. The van der Waals surface area contributed by atoms with Crippen molar-refractivity contribution in [2.24, 2.45) is 0 Å². The van der Waals surface area contributed by atoms with Crippen LogP contribution in [0.1, 0.15) is 0 Å². The summed E-state index contributed by atoms with van der Waals surface area (Å²) in [5, 5.41) is 0. The van der Waals surface area contributed by atoms with Crippen LogP contribution in [-0.4, -0.2) is 21.5 Å². The average Bonchev–Trinajstić information content (AvgIpc) is 1.61. The highest BCUT2D eigenvalue weighted by Gasteiger charge is 2.43. The molecule has 0 fully saturated rings. The average molecular weight is 238 g/mol. The van der Waals surface area contributed by atoms with E-state index < -0.39 is 21.5 Å². The molecule has 0 spiro atoms. The smallest absolute Gasteiger partial charge is 0.230 e. The zero-order chi connectivity index (χ0) is 8.41. The number of halogens is 3. The van der Waals surface area contributed by atoms with E-state index >= 15 is 0 Å². The number of hydrogen-bond donors (Lipinski definition) is 0. The minimum absolute atomic E-state index is 0.462. The molecule has 0 aromatic carbocycles. The molecule has 62 valence electrons. The molecular formula is C4H11Cl3OSi2. The summed E-state index contributed by atoms with van der Waals surface area (Å²) in [6, 6.07) is 0. The van der Waals surface area contributed by atoms with Gasteiger partial charge in [0.25, 0.3) is 0 Å². The molecular weight excluding hydrogens is 227 g/mol. The lowest BCUT2D eigenvalue weighted by Gasteiger charge is -2.29. The van der Waals surface area contributed by atoms with Gasteiger partial charge in [0.15, 0.2) is 0 Å². The fourth-order valence-corrected chi connectivity index (χ4v) is 5.46. The fraction of sp³-hybridized carbons (Fsp3) is 1.00. The van der Waals surface area contributed by atoms with E-state index in [-0.39, 0.29) is 0 Å². The molecule has 6 heteroatoms. The van der Waals surface area contributed by atoms with Gasteiger partial charge >= 0.3 is 0 Å². The van der Waals surface area contributed by atoms with Gasteiger partial charge in [0.2, 0.25) is 11.7 Å². The summed E-state index contributed by atoms with van der Waals surface area (Å²) >= 11 is 17.1. The number of hydrogen-bond acceptors (Lipinski definition) is 1. The molecule has 0 aliphatic heterocycles. The van der Waals surface area contributed by atoms with Gasteiger partial charge in [0.1, 0.15) is 9.76 Å². The van der Waals surface area contributed by atoms with Gasteiger partial charge in [-0.25, -0.2) is 0 Å². The standard InChI is InChI=1S/C4H11Cl3OSi2/c1-9-8-10(2,3)4(5,6)7/h9H2,1-3H3. The quantitative estimate of drug-likeness (QED) is 0.529. The van der Waals surface area contributed by atoms with Crippen molar-refractivity contribution in [3.63, 3.8) is 0 Å². The van der Waals surface area contributed by atoms with Crippen LogP contribution in [0.2, 0.25) is 19.6 Å². The maximum Gasteiger partial charge on any atom is 0.230 e. The van der Waals surface area contributed by atoms with Crippen LogP contribution in [0.25, 0.3) is 0 Å².